The van der Waals surface area contributed by atoms with Gasteiger partial charge in [-0.3, -0.25) is 9.89 Å². The highest BCUT2D eigenvalue weighted by molar-refractivity contribution is 6.31. The maximum Gasteiger partial charge on any atom is 0.249 e. The topological polar surface area (TPSA) is 82.2 Å². The number of hydrogen-bond acceptors (Lipinski definition) is 2. The van der Waals surface area contributed by atoms with E-state index in [9.17, 15) is 9.18 Å². The van der Waals surface area contributed by atoms with Gasteiger partial charge in [0.05, 0.1) is 0 Å². The number of carbonyl (C=O) groups excluding carboxylic acids is 1. The smallest absolute Gasteiger partial charge is 0.249 e. The van der Waals surface area contributed by atoms with Gasteiger partial charge < -0.3 is 10.6 Å². The Hall–Kier alpha value is -2.41. The molecule has 1 heterocycles. The summed E-state index contributed by atoms with van der Waals surface area (Å²) < 4.78 is 13.5. The van der Waals surface area contributed by atoms with E-state index in [1.165, 1.54) is 18.2 Å². The number of nitrogens with zero attached hydrogens (tertiary/aromatic N) is 2. The highest BCUT2D eigenvalue weighted by Crippen LogP contribution is 2.20. The van der Waals surface area contributed by atoms with Crippen molar-refractivity contribution in [2.45, 2.75) is 34.1 Å². The zero-order valence-electron chi connectivity index (χ0n) is 14.6. The molecule has 0 radical (unpaired) electrons. The van der Waals surface area contributed by atoms with Gasteiger partial charge in [0.2, 0.25) is 11.9 Å². The third kappa shape index (κ3) is 6.54. The molecule has 0 unspecified atom stereocenters. The SMILES string of the molecule is Cc1cc(N/C(=N\C(=O)CC(C)(C)C)Nc2cc(F)cc(Cl)c2)n[nH]1. The molecule has 1 aromatic heterocycles. The average molecular weight is 366 g/mol. The number of aromatic amines is 1. The molecule has 0 atom stereocenters. The van der Waals surface area contributed by atoms with Crippen LogP contribution in [0.15, 0.2) is 29.3 Å². The number of anilines is 2. The number of aliphatic imine (C=N–C) groups is 1. The Balaban J connectivity index is 2.25. The van der Waals surface area contributed by atoms with Crippen molar-refractivity contribution in [3.05, 3.63) is 40.8 Å². The second-order valence-electron chi connectivity index (χ2n) is 6.94. The summed E-state index contributed by atoms with van der Waals surface area (Å²) >= 11 is 5.87. The fourth-order valence-electron chi connectivity index (χ4n) is 2.07. The number of benzene rings is 1. The first-order valence-corrected chi connectivity index (χ1v) is 8.12. The summed E-state index contributed by atoms with van der Waals surface area (Å²) in [5, 5.41) is 12.9. The lowest BCUT2D eigenvalue weighted by Gasteiger charge is -2.16. The van der Waals surface area contributed by atoms with Crippen molar-refractivity contribution in [3.8, 4) is 0 Å². The van der Waals surface area contributed by atoms with Crippen LogP contribution in [0, 0.1) is 18.2 Å². The van der Waals surface area contributed by atoms with E-state index >= 15 is 0 Å². The molecule has 0 saturated heterocycles. The van der Waals surface area contributed by atoms with Gasteiger partial charge in [0.1, 0.15) is 5.82 Å². The van der Waals surface area contributed by atoms with E-state index in [2.05, 4.69) is 25.8 Å². The van der Waals surface area contributed by atoms with Crippen LogP contribution in [0.2, 0.25) is 5.02 Å². The van der Waals surface area contributed by atoms with Crippen molar-refractivity contribution in [1.82, 2.24) is 10.2 Å². The highest BCUT2D eigenvalue weighted by Gasteiger charge is 2.17. The Morgan fingerprint density at radius 3 is 2.56 bits per heavy atom. The van der Waals surface area contributed by atoms with E-state index < -0.39 is 5.82 Å². The summed E-state index contributed by atoms with van der Waals surface area (Å²) in [7, 11) is 0. The molecule has 0 aliphatic heterocycles. The predicted molar refractivity (Wildman–Crippen MR) is 98.5 cm³/mol. The first-order chi connectivity index (χ1) is 11.6. The molecule has 0 saturated carbocycles. The van der Waals surface area contributed by atoms with Gasteiger partial charge in [-0.05, 0) is 30.5 Å². The molecule has 3 N–H and O–H groups in total. The van der Waals surface area contributed by atoms with Gasteiger partial charge in [-0.15, -0.1) is 0 Å². The minimum absolute atomic E-state index is 0.141. The number of rotatable bonds is 3. The molecule has 1 amide bonds. The van der Waals surface area contributed by atoms with E-state index in [-0.39, 0.29) is 28.7 Å². The Bertz CT molecular complexity index is 774. The van der Waals surface area contributed by atoms with Crippen molar-refractivity contribution >= 4 is 35.0 Å². The third-order valence-corrected chi connectivity index (χ3v) is 3.21. The summed E-state index contributed by atoms with van der Waals surface area (Å²) in [6.45, 7) is 7.69. The molecule has 134 valence electrons. The maximum atomic E-state index is 13.5. The molecule has 25 heavy (non-hydrogen) atoms. The van der Waals surface area contributed by atoms with Gasteiger partial charge in [0.25, 0.3) is 0 Å². The maximum absolute atomic E-state index is 13.5. The number of aromatic nitrogens is 2. The molecule has 6 nitrogen and oxygen atoms in total. The molecule has 0 aliphatic carbocycles. The lowest BCUT2D eigenvalue weighted by molar-refractivity contribution is -0.119. The normalized spacial score (nSPS) is 12.2. The van der Waals surface area contributed by atoms with Crippen LogP contribution in [0.25, 0.3) is 0 Å². The first-order valence-electron chi connectivity index (χ1n) is 7.74. The van der Waals surface area contributed by atoms with Crippen LogP contribution in [-0.4, -0.2) is 22.1 Å². The standard InChI is InChI=1S/C17H21ClFN5O/c1-10-5-14(24-23-10)21-16(22-15(25)9-17(2,3)4)20-13-7-11(18)6-12(19)8-13/h5-8H,9H2,1-4H3,(H3,20,21,22,23,24,25). The number of guanidine groups is 1. The number of carbonyl (C=O) groups is 1. The van der Waals surface area contributed by atoms with Crippen molar-refractivity contribution < 1.29 is 9.18 Å². The quantitative estimate of drug-likeness (QED) is 0.557. The molecule has 2 rings (SSSR count). The van der Waals surface area contributed by atoms with Crippen molar-refractivity contribution in [3.63, 3.8) is 0 Å². The van der Waals surface area contributed by atoms with E-state index in [4.69, 9.17) is 11.6 Å². The van der Waals surface area contributed by atoms with E-state index in [1.54, 1.807) is 6.07 Å². The molecule has 2 aromatic rings. The van der Waals surface area contributed by atoms with Gasteiger partial charge >= 0.3 is 0 Å². The minimum Gasteiger partial charge on any atom is -0.325 e. The second-order valence-corrected chi connectivity index (χ2v) is 7.37. The molecule has 8 heteroatoms. The minimum atomic E-state index is -0.494. The summed E-state index contributed by atoms with van der Waals surface area (Å²) in [4.78, 5) is 16.2. The van der Waals surface area contributed by atoms with Crippen LogP contribution in [-0.2, 0) is 4.79 Å². The van der Waals surface area contributed by atoms with Crippen molar-refractivity contribution in [1.29, 1.82) is 0 Å². The number of amides is 1. The largest absolute Gasteiger partial charge is 0.325 e. The first kappa shape index (κ1) is 18.9. The summed E-state index contributed by atoms with van der Waals surface area (Å²) in [6, 6.07) is 5.74. The predicted octanol–water partition coefficient (Wildman–Crippen LogP) is 4.35. The van der Waals surface area contributed by atoms with E-state index in [0.717, 1.165) is 5.69 Å². The van der Waals surface area contributed by atoms with Gasteiger partial charge in [-0.1, -0.05) is 32.4 Å². The van der Waals surface area contributed by atoms with Crippen molar-refractivity contribution in [2.24, 2.45) is 10.4 Å². The highest BCUT2D eigenvalue weighted by atomic mass is 35.5. The average Bonchev–Trinajstić information content (AvgIpc) is 2.80. The molecular formula is C17H21ClFN5O. The fraction of sp³-hybridized carbons (Fsp3) is 0.353. The lowest BCUT2D eigenvalue weighted by atomic mass is 9.92. The molecule has 0 spiro atoms. The molecule has 0 bridgehead atoms. The van der Waals surface area contributed by atoms with Crippen LogP contribution in [0.3, 0.4) is 0 Å². The Kier molecular flexibility index (Phi) is 5.79. The molecule has 0 fully saturated rings. The van der Waals surface area contributed by atoms with Gasteiger partial charge in [-0.25, -0.2) is 4.39 Å². The number of hydrogen-bond donors (Lipinski definition) is 3. The Labute approximate surface area is 150 Å². The van der Waals surface area contributed by atoms with Crippen molar-refractivity contribution in [2.75, 3.05) is 10.6 Å². The number of nitrogens with one attached hydrogen (secondary N) is 3. The summed E-state index contributed by atoms with van der Waals surface area (Å²) in [6.07, 6.45) is 0.267. The van der Waals surface area contributed by atoms with Crippen LogP contribution >= 0.6 is 11.6 Å². The van der Waals surface area contributed by atoms with Crippen LogP contribution in [0.4, 0.5) is 15.9 Å². The zero-order valence-corrected chi connectivity index (χ0v) is 15.3. The number of halogens is 2. The van der Waals surface area contributed by atoms with Gasteiger partial charge in [0, 0.05) is 28.9 Å². The van der Waals surface area contributed by atoms with Crippen LogP contribution in [0.5, 0.6) is 0 Å². The monoisotopic (exact) mass is 365 g/mol. The van der Waals surface area contributed by atoms with Crippen LogP contribution < -0.4 is 10.6 Å². The molecule has 1 aromatic carbocycles. The Morgan fingerprint density at radius 2 is 2.00 bits per heavy atom. The molecular weight excluding hydrogens is 345 g/mol. The number of H-pyrrole nitrogens is 1. The second kappa shape index (κ2) is 7.65. The summed E-state index contributed by atoms with van der Waals surface area (Å²) in [5.74, 6) is -0.180. The fourth-order valence-corrected chi connectivity index (χ4v) is 2.29. The van der Waals surface area contributed by atoms with Gasteiger partial charge in [0.15, 0.2) is 5.82 Å². The Morgan fingerprint density at radius 1 is 1.28 bits per heavy atom. The molecule has 0 aliphatic rings. The lowest BCUT2D eigenvalue weighted by Crippen LogP contribution is -2.25. The number of aryl methyl sites for hydroxylation is 1. The third-order valence-electron chi connectivity index (χ3n) is 3.00. The van der Waals surface area contributed by atoms with E-state index in [0.29, 0.717) is 11.5 Å². The van der Waals surface area contributed by atoms with E-state index in [1.807, 2.05) is 27.7 Å². The summed E-state index contributed by atoms with van der Waals surface area (Å²) in [5.41, 5.74) is 1.01. The zero-order chi connectivity index (χ0) is 18.6. The van der Waals surface area contributed by atoms with Gasteiger partial charge in [-0.2, -0.15) is 10.1 Å². The van der Waals surface area contributed by atoms with Crippen LogP contribution in [0.1, 0.15) is 32.9 Å².